The van der Waals surface area contributed by atoms with Crippen molar-refractivity contribution in [3.05, 3.63) is 46.1 Å². The average molecular weight is 328 g/mol. The van der Waals surface area contributed by atoms with E-state index in [2.05, 4.69) is 5.32 Å². The first-order valence-electron chi connectivity index (χ1n) is 6.44. The molecule has 112 valence electrons. The van der Waals surface area contributed by atoms with Gasteiger partial charge in [0.1, 0.15) is 5.76 Å². The number of carbonyl (C=O) groups excluding carboxylic acids is 1. The molecule has 0 aliphatic heterocycles. The van der Waals surface area contributed by atoms with Gasteiger partial charge in [-0.3, -0.25) is 4.79 Å². The lowest BCUT2D eigenvalue weighted by Gasteiger charge is -2.03. The number of ether oxygens (including phenoxy) is 1. The van der Waals surface area contributed by atoms with Gasteiger partial charge in [-0.15, -0.1) is 0 Å². The molecule has 0 bridgehead atoms. The van der Waals surface area contributed by atoms with Crippen LogP contribution >= 0.6 is 23.2 Å². The van der Waals surface area contributed by atoms with E-state index in [0.29, 0.717) is 34.5 Å². The lowest BCUT2D eigenvalue weighted by molar-refractivity contribution is 0.0922. The molecule has 0 spiro atoms. The van der Waals surface area contributed by atoms with E-state index in [9.17, 15) is 4.79 Å². The van der Waals surface area contributed by atoms with E-state index >= 15 is 0 Å². The maximum Gasteiger partial charge on any atom is 0.287 e. The second-order valence-corrected chi connectivity index (χ2v) is 5.23. The summed E-state index contributed by atoms with van der Waals surface area (Å²) in [5.74, 6) is 0.471. The van der Waals surface area contributed by atoms with Crippen molar-refractivity contribution in [1.82, 2.24) is 5.32 Å². The molecule has 6 heteroatoms. The summed E-state index contributed by atoms with van der Waals surface area (Å²) in [6.45, 7) is 1.13. The molecule has 0 unspecified atom stereocenters. The Morgan fingerprint density at radius 2 is 2.10 bits per heavy atom. The Morgan fingerprint density at radius 1 is 1.29 bits per heavy atom. The largest absolute Gasteiger partial charge is 0.451 e. The van der Waals surface area contributed by atoms with Crippen LogP contribution in [0.25, 0.3) is 11.3 Å². The molecule has 0 fully saturated rings. The zero-order valence-electron chi connectivity index (χ0n) is 11.5. The highest BCUT2D eigenvalue weighted by Gasteiger charge is 2.13. The first-order chi connectivity index (χ1) is 10.1. The molecular weight excluding hydrogens is 313 g/mol. The SMILES string of the molecule is COCCCNC(=O)c1ccc(-c2cc(Cl)ccc2Cl)o1. The Balaban J connectivity index is 2.07. The van der Waals surface area contributed by atoms with E-state index in [0.717, 1.165) is 6.42 Å². The predicted octanol–water partition coefficient (Wildman–Crippen LogP) is 4.02. The number of amides is 1. The molecule has 1 amide bonds. The summed E-state index contributed by atoms with van der Waals surface area (Å²) in [6.07, 6.45) is 0.746. The Labute approximate surface area is 133 Å². The van der Waals surface area contributed by atoms with Crippen LogP contribution in [0.1, 0.15) is 17.0 Å². The standard InChI is InChI=1S/C15H15Cl2NO3/c1-20-8-2-7-18-15(19)14-6-5-13(21-14)11-9-10(16)3-4-12(11)17/h3-6,9H,2,7-8H2,1H3,(H,18,19). The number of methoxy groups -OCH3 is 1. The van der Waals surface area contributed by atoms with Crippen molar-refractivity contribution in [2.45, 2.75) is 6.42 Å². The third-order valence-electron chi connectivity index (χ3n) is 2.83. The molecule has 1 aromatic carbocycles. The third kappa shape index (κ3) is 4.24. The van der Waals surface area contributed by atoms with Gasteiger partial charge in [-0.1, -0.05) is 23.2 Å². The zero-order valence-corrected chi connectivity index (χ0v) is 13.0. The quantitative estimate of drug-likeness (QED) is 0.815. The molecule has 21 heavy (non-hydrogen) atoms. The molecule has 0 aliphatic rings. The highest BCUT2D eigenvalue weighted by Crippen LogP contribution is 2.31. The lowest BCUT2D eigenvalue weighted by Crippen LogP contribution is -2.24. The van der Waals surface area contributed by atoms with Crippen molar-refractivity contribution in [2.24, 2.45) is 0 Å². The lowest BCUT2D eigenvalue weighted by atomic mass is 10.2. The van der Waals surface area contributed by atoms with Gasteiger partial charge in [0.05, 0.1) is 5.02 Å². The van der Waals surface area contributed by atoms with Crippen LogP contribution < -0.4 is 5.32 Å². The van der Waals surface area contributed by atoms with E-state index in [1.165, 1.54) is 0 Å². The van der Waals surface area contributed by atoms with Crippen LogP contribution in [0.2, 0.25) is 10.0 Å². The number of hydrogen-bond acceptors (Lipinski definition) is 3. The van der Waals surface area contributed by atoms with E-state index in [4.69, 9.17) is 32.4 Å². The number of nitrogens with one attached hydrogen (secondary N) is 1. The summed E-state index contributed by atoms with van der Waals surface area (Å²) in [4.78, 5) is 11.9. The Bertz CT molecular complexity index is 625. The van der Waals surface area contributed by atoms with E-state index in [1.54, 1.807) is 37.4 Å². The minimum atomic E-state index is -0.268. The summed E-state index contributed by atoms with van der Waals surface area (Å²) in [7, 11) is 1.62. The van der Waals surface area contributed by atoms with Crippen LogP contribution in [-0.4, -0.2) is 26.2 Å². The van der Waals surface area contributed by atoms with Crippen molar-refractivity contribution in [3.8, 4) is 11.3 Å². The van der Waals surface area contributed by atoms with Gasteiger partial charge in [0, 0.05) is 30.8 Å². The second kappa shape index (κ2) is 7.50. The molecule has 1 heterocycles. The minimum Gasteiger partial charge on any atom is -0.451 e. The molecule has 1 N–H and O–H groups in total. The summed E-state index contributed by atoms with van der Waals surface area (Å²) in [6, 6.07) is 8.38. The van der Waals surface area contributed by atoms with Gasteiger partial charge in [0.2, 0.25) is 0 Å². The van der Waals surface area contributed by atoms with E-state index in [1.807, 2.05) is 0 Å². The number of halogens is 2. The third-order valence-corrected chi connectivity index (χ3v) is 3.40. The highest BCUT2D eigenvalue weighted by atomic mass is 35.5. The molecular formula is C15H15Cl2NO3. The molecule has 2 aromatic rings. The second-order valence-electron chi connectivity index (χ2n) is 4.39. The molecule has 1 aromatic heterocycles. The average Bonchev–Trinajstić information content (AvgIpc) is 2.95. The molecule has 2 rings (SSSR count). The van der Waals surface area contributed by atoms with Crippen molar-refractivity contribution >= 4 is 29.1 Å². The zero-order chi connectivity index (χ0) is 15.2. The Morgan fingerprint density at radius 3 is 2.86 bits per heavy atom. The van der Waals surface area contributed by atoms with Crippen molar-refractivity contribution in [3.63, 3.8) is 0 Å². The number of carbonyl (C=O) groups is 1. The van der Waals surface area contributed by atoms with Gasteiger partial charge >= 0.3 is 0 Å². The smallest absolute Gasteiger partial charge is 0.287 e. The number of rotatable bonds is 6. The number of furan rings is 1. The molecule has 0 saturated heterocycles. The summed E-state index contributed by atoms with van der Waals surface area (Å²) < 4.78 is 10.5. The van der Waals surface area contributed by atoms with Crippen LogP contribution in [0.15, 0.2) is 34.7 Å². The maximum absolute atomic E-state index is 11.9. The molecule has 0 saturated carbocycles. The fraction of sp³-hybridized carbons (Fsp3) is 0.267. The van der Waals surface area contributed by atoms with Crippen LogP contribution in [0, 0.1) is 0 Å². The topological polar surface area (TPSA) is 51.5 Å². The molecule has 0 radical (unpaired) electrons. The van der Waals surface area contributed by atoms with Gasteiger partial charge in [-0.25, -0.2) is 0 Å². The maximum atomic E-state index is 11.9. The highest BCUT2D eigenvalue weighted by molar-refractivity contribution is 6.35. The Hall–Kier alpha value is -1.49. The number of benzene rings is 1. The minimum absolute atomic E-state index is 0.235. The van der Waals surface area contributed by atoms with Crippen LogP contribution in [0.4, 0.5) is 0 Å². The van der Waals surface area contributed by atoms with Crippen molar-refractivity contribution < 1.29 is 13.9 Å². The fourth-order valence-corrected chi connectivity index (χ4v) is 2.18. The van der Waals surface area contributed by atoms with Crippen LogP contribution in [0.3, 0.4) is 0 Å². The first-order valence-corrected chi connectivity index (χ1v) is 7.20. The van der Waals surface area contributed by atoms with Gasteiger partial charge in [0.25, 0.3) is 5.91 Å². The summed E-state index contributed by atoms with van der Waals surface area (Å²) in [5.41, 5.74) is 0.655. The van der Waals surface area contributed by atoms with Gasteiger partial charge < -0.3 is 14.5 Å². The summed E-state index contributed by atoms with van der Waals surface area (Å²) >= 11 is 12.0. The van der Waals surface area contributed by atoms with E-state index in [-0.39, 0.29) is 11.7 Å². The van der Waals surface area contributed by atoms with Gasteiger partial charge in [-0.05, 0) is 36.8 Å². The van der Waals surface area contributed by atoms with Crippen LogP contribution in [-0.2, 0) is 4.74 Å². The Kier molecular flexibility index (Phi) is 5.67. The van der Waals surface area contributed by atoms with Gasteiger partial charge in [-0.2, -0.15) is 0 Å². The molecule has 4 nitrogen and oxygen atoms in total. The van der Waals surface area contributed by atoms with Crippen molar-refractivity contribution in [2.75, 3.05) is 20.3 Å². The molecule has 0 atom stereocenters. The first kappa shape index (κ1) is 15.9. The molecule has 0 aliphatic carbocycles. The fourth-order valence-electron chi connectivity index (χ4n) is 1.80. The normalized spacial score (nSPS) is 10.6. The van der Waals surface area contributed by atoms with E-state index < -0.39 is 0 Å². The predicted molar refractivity (Wildman–Crippen MR) is 83.0 cm³/mol. The van der Waals surface area contributed by atoms with Gasteiger partial charge in [0.15, 0.2) is 5.76 Å². The summed E-state index contributed by atoms with van der Waals surface area (Å²) in [5, 5.41) is 3.82. The van der Waals surface area contributed by atoms with Crippen LogP contribution in [0.5, 0.6) is 0 Å². The van der Waals surface area contributed by atoms with Crippen molar-refractivity contribution in [1.29, 1.82) is 0 Å². The monoisotopic (exact) mass is 327 g/mol. The number of hydrogen-bond donors (Lipinski definition) is 1.